The van der Waals surface area contributed by atoms with Crippen LogP contribution in [0.4, 0.5) is 0 Å². The molecule has 0 bridgehead atoms. The summed E-state index contributed by atoms with van der Waals surface area (Å²) < 4.78 is 11.1. The van der Waals surface area contributed by atoms with Crippen molar-refractivity contribution in [2.24, 2.45) is 0 Å². The topological polar surface area (TPSA) is 48.4 Å². The monoisotopic (exact) mass is 287 g/mol. The van der Waals surface area contributed by atoms with Gasteiger partial charge in [-0.1, -0.05) is 0 Å². The molecule has 4 nitrogen and oxygen atoms in total. The van der Waals surface area contributed by atoms with Crippen LogP contribution in [0.2, 0.25) is 0 Å². The zero-order chi connectivity index (χ0) is 12.1. The van der Waals surface area contributed by atoms with Crippen LogP contribution in [0.25, 0.3) is 0 Å². The van der Waals surface area contributed by atoms with Gasteiger partial charge in [0.2, 0.25) is 5.88 Å². The molecular formula is C11H14BrNO3. The van der Waals surface area contributed by atoms with Crippen LogP contribution >= 0.6 is 15.9 Å². The van der Waals surface area contributed by atoms with Crippen molar-refractivity contribution in [3.63, 3.8) is 0 Å². The van der Waals surface area contributed by atoms with Crippen LogP contribution in [0.1, 0.15) is 18.2 Å². The van der Waals surface area contributed by atoms with E-state index in [2.05, 4.69) is 20.9 Å². The molecule has 0 aliphatic carbocycles. The number of carbonyl (C=O) groups is 1. The van der Waals surface area contributed by atoms with Crippen molar-refractivity contribution in [2.75, 3.05) is 13.2 Å². The summed E-state index contributed by atoms with van der Waals surface area (Å²) in [5.41, 5.74) is 1.81. The van der Waals surface area contributed by atoms with Gasteiger partial charge in [0, 0.05) is 17.0 Å². The van der Waals surface area contributed by atoms with Gasteiger partial charge in [0.25, 0.3) is 0 Å². The van der Waals surface area contributed by atoms with E-state index < -0.39 is 0 Å². The number of aryl methyl sites for hydroxylation is 2. The van der Waals surface area contributed by atoms with Crippen molar-refractivity contribution >= 4 is 21.9 Å². The Hall–Kier alpha value is -1.10. The summed E-state index contributed by atoms with van der Waals surface area (Å²) in [7, 11) is 0. The summed E-state index contributed by atoms with van der Waals surface area (Å²) in [5, 5.41) is 0. The fourth-order valence-electron chi connectivity index (χ4n) is 1.12. The second-order valence-electron chi connectivity index (χ2n) is 3.37. The number of halogens is 1. The van der Waals surface area contributed by atoms with E-state index in [4.69, 9.17) is 9.47 Å². The van der Waals surface area contributed by atoms with Crippen molar-refractivity contribution in [1.29, 1.82) is 0 Å². The number of carbonyl (C=O) groups excluding carboxylic acids is 1. The minimum atomic E-state index is -0.305. The molecule has 1 aromatic heterocycles. The largest absolute Gasteiger partial charge is 0.474 e. The summed E-state index contributed by atoms with van der Waals surface area (Å²) >= 11 is 3.39. The number of aromatic nitrogens is 1. The lowest BCUT2D eigenvalue weighted by molar-refractivity contribution is -0.141. The van der Waals surface area contributed by atoms with Crippen LogP contribution in [0, 0.1) is 13.8 Å². The lowest BCUT2D eigenvalue weighted by Crippen LogP contribution is -2.11. The van der Waals surface area contributed by atoms with Crippen LogP contribution in [0.15, 0.2) is 10.5 Å². The molecule has 88 valence electrons. The third kappa shape index (κ3) is 3.81. The molecule has 16 heavy (non-hydrogen) atoms. The maximum atomic E-state index is 10.5. The highest BCUT2D eigenvalue weighted by Gasteiger charge is 2.05. The molecule has 0 unspecified atom stereocenters. The van der Waals surface area contributed by atoms with Gasteiger partial charge in [0.05, 0.1) is 5.69 Å². The average molecular weight is 288 g/mol. The molecule has 0 fully saturated rings. The quantitative estimate of drug-likeness (QED) is 0.630. The molecule has 0 spiro atoms. The van der Waals surface area contributed by atoms with Crippen molar-refractivity contribution in [3.8, 4) is 5.88 Å². The van der Waals surface area contributed by atoms with Gasteiger partial charge in [-0.25, -0.2) is 4.98 Å². The molecule has 0 amide bonds. The Balaban J connectivity index is 2.54. The average Bonchev–Trinajstić information content (AvgIpc) is 2.19. The number of ether oxygens (including phenoxy) is 2. The molecule has 5 heteroatoms. The minimum absolute atomic E-state index is 0.242. The first kappa shape index (κ1) is 13.0. The lowest BCUT2D eigenvalue weighted by Gasteiger charge is -2.09. The molecule has 1 heterocycles. The van der Waals surface area contributed by atoms with E-state index in [1.54, 1.807) is 0 Å². The van der Waals surface area contributed by atoms with Crippen molar-refractivity contribution in [2.45, 2.75) is 20.8 Å². The van der Waals surface area contributed by atoms with Crippen LogP contribution in [0.5, 0.6) is 5.88 Å². The number of hydrogen-bond acceptors (Lipinski definition) is 4. The van der Waals surface area contributed by atoms with E-state index in [9.17, 15) is 4.79 Å². The van der Waals surface area contributed by atoms with Gasteiger partial charge in [-0.15, -0.1) is 0 Å². The molecule has 1 aromatic rings. The van der Waals surface area contributed by atoms with Crippen molar-refractivity contribution in [3.05, 3.63) is 21.8 Å². The van der Waals surface area contributed by atoms with Gasteiger partial charge in [0.1, 0.15) is 13.2 Å². The highest BCUT2D eigenvalue weighted by molar-refractivity contribution is 9.10. The third-order valence-corrected chi connectivity index (χ3v) is 2.73. The molecule has 0 atom stereocenters. The Kier molecular flexibility index (Phi) is 4.73. The number of hydrogen-bond donors (Lipinski definition) is 0. The predicted molar refractivity (Wildman–Crippen MR) is 63.5 cm³/mol. The standard InChI is InChI=1S/C11H14BrNO3/c1-7-6-10(12)8(2)13-11(7)16-5-4-15-9(3)14/h6H,4-5H2,1-3H3. The highest BCUT2D eigenvalue weighted by atomic mass is 79.9. The molecule has 0 aliphatic rings. The van der Waals surface area contributed by atoms with Gasteiger partial charge in [-0.3, -0.25) is 4.79 Å². The van der Waals surface area contributed by atoms with Crippen LogP contribution in [-0.4, -0.2) is 24.2 Å². The maximum absolute atomic E-state index is 10.5. The third-order valence-electron chi connectivity index (χ3n) is 1.92. The molecule has 0 radical (unpaired) electrons. The predicted octanol–water partition coefficient (Wildman–Crippen LogP) is 2.40. The summed E-state index contributed by atoms with van der Waals surface area (Å²) in [4.78, 5) is 14.8. The lowest BCUT2D eigenvalue weighted by atomic mass is 10.3. The Labute approximate surface area is 103 Å². The Bertz CT molecular complexity index is 393. The fourth-order valence-corrected chi connectivity index (χ4v) is 1.55. The van der Waals surface area contributed by atoms with Gasteiger partial charge in [0.15, 0.2) is 0 Å². The van der Waals surface area contributed by atoms with Crippen LogP contribution in [-0.2, 0) is 9.53 Å². The van der Waals surface area contributed by atoms with Gasteiger partial charge in [-0.05, 0) is 35.8 Å². The SMILES string of the molecule is CC(=O)OCCOc1nc(C)c(Br)cc1C. The first-order valence-corrected chi connectivity index (χ1v) is 5.70. The van der Waals surface area contributed by atoms with E-state index >= 15 is 0 Å². The van der Waals surface area contributed by atoms with Crippen LogP contribution < -0.4 is 4.74 Å². The molecular weight excluding hydrogens is 274 g/mol. The smallest absolute Gasteiger partial charge is 0.302 e. The Morgan fingerprint density at radius 1 is 1.44 bits per heavy atom. The first-order chi connectivity index (χ1) is 7.50. The van der Waals surface area contributed by atoms with Gasteiger partial charge >= 0.3 is 5.97 Å². The zero-order valence-electron chi connectivity index (χ0n) is 9.54. The number of nitrogens with zero attached hydrogens (tertiary/aromatic N) is 1. The number of pyridine rings is 1. The number of rotatable bonds is 4. The summed E-state index contributed by atoms with van der Waals surface area (Å²) in [6.07, 6.45) is 0. The molecule has 0 aromatic carbocycles. The number of esters is 1. The van der Waals surface area contributed by atoms with E-state index in [1.165, 1.54) is 6.92 Å². The summed E-state index contributed by atoms with van der Waals surface area (Å²) in [6.45, 7) is 5.73. The van der Waals surface area contributed by atoms with E-state index in [-0.39, 0.29) is 12.6 Å². The van der Waals surface area contributed by atoms with E-state index in [0.29, 0.717) is 12.5 Å². The normalized spacial score (nSPS) is 10.0. The first-order valence-electron chi connectivity index (χ1n) is 4.90. The fraction of sp³-hybridized carbons (Fsp3) is 0.455. The van der Waals surface area contributed by atoms with Gasteiger partial charge in [-0.2, -0.15) is 0 Å². The zero-order valence-corrected chi connectivity index (χ0v) is 11.1. The highest BCUT2D eigenvalue weighted by Crippen LogP contribution is 2.22. The summed E-state index contributed by atoms with van der Waals surface area (Å²) in [5.74, 6) is 0.271. The minimum Gasteiger partial charge on any atom is -0.474 e. The van der Waals surface area contributed by atoms with Crippen molar-refractivity contribution < 1.29 is 14.3 Å². The summed E-state index contributed by atoms with van der Waals surface area (Å²) in [6, 6.07) is 1.95. The maximum Gasteiger partial charge on any atom is 0.302 e. The van der Waals surface area contributed by atoms with E-state index in [1.807, 2.05) is 19.9 Å². The Morgan fingerprint density at radius 3 is 2.75 bits per heavy atom. The molecule has 0 aliphatic heterocycles. The second-order valence-corrected chi connectivity index (χ2v) is 4.22. The Morgan fingerprint density at radius 2 is 2.12 bits per heavy atom. The second kappa shape index (κ2) is 5.84. The molecule has 0 N–H and O–H groups in total. The molecule has 1 rings (SSSR count). The van der Waals surface area contributed by atoms with Crippen LogP contribution in [0.3, 0.4) is 0 Å². The van der Waals surface area contributed by atoms with Gasteiger partial charge < -0.3 is 9.47 Å². The molecule has 0 saturated heterocycles. The van der Waals surface area contributed by atoms with E-state index in [0.717, 1.165) is 15.7 Å². The molecule has 0 saturated carbocycles. The van der Waals surface area contributed by atoms with Crippen molar-refractivity contribution in [1.82, 2.24) is 4.98 Å².